The second-order valence-corrected chi connectivity index (χ2v) is 3.30. The molecule has 2 aliphatic heterocycles. The molecule has 1 N–H and O–H groups in total. The van der Waals surface area contributed by atoms with E-state index in [2.05, 4.69) is 5.32 Å². The Morgan fingerprint density at radius 2 is 2.08 bits per heavy atom. The smallest absolute Gasteiger partial charge is 0.407 e. The van der Waals surface area contributed by atoms with E-state index in [-0.39, 0.29) is 12.1 Å². The molecule has 4 nitrogen and oxygen atoms in total. The largest absolute Gasteiger partial charge is 0.447 e. The summed E-state index contributed by atoms with van der Waals surface area (Å²) in [5.41, 5.74) is 0. The highest BCUT2D eigenvalue weighted by Crippen LogP contribution is 2.21. The molecule has 0 radical (unpaired) electrons. The summed E-state index contributed by atoms with van der Waals surface area (Å²) < 4.78 is 10.1. The van der Waals surface area contributed by atoms with E-state index in [9.17, 15) is 4.79 Å². The monoisotopic (exact) mass is 171 g/mol. The summed E-state index contributed by atoms with van der Waals surface area (Å²) in [6, 6.07) is 0.224. The van der Waals surface area contributed by atoms with Gasteiger partial charge in [0.15, 0.2) is 0 Å². The Bertz CT molecular complexity index is 177. The van der Waals surface area contributed by atoms with Crippen molar-refractivity contribution in [1.29, 1.82) is 0 Å². The van der Waals surface area contributed by atoms with Crippen molar-refractivity contribution in [2.24, 2.45) is 5.92 Å². The molecule has 0 saturated carbocycles. The van der Waals surface area contributed by atoms with Crippen LogP contribution in [-0.2, 0) is 9.47 Å². The van der Waals surface area contributed by atoms with Crippen LogP contribution in [0, 0.1) is 5.92 Å². The minimum Gasteiger partial charge on any atom is -0.447 e. The van der Waals surface area contributed by atoms with E-state index < -0.39 is 0 Å². The van der Waals surface area contributed by atoms with E-state index in [0.717, 1.165) is 26.1 Å². The Morgan fingerprint density at radius 1 is 1.33 bits per heavy atom. The van der Waals surface area contributed by atoms with Gasteiger partial charge in [-0.15, -0.1) is 0 Å². The van der Waals surface area contributed by atoms with Crippen LogP contribution in [0.4, 0.5) is 4.79 Å². The molecule has 2 fully saturated rings. The number of cyclic esters (lactones) is 1. The molecule has 0 spiro atoms. The van der Waals surface area contributed by atoms with Gasteiger partial charge in [0.05, 0.1) is 6.04 Å². The third-order valence-corrected chi connectivity index (χ3v) is 2.53. The quantitative estimate of drug-likeness (QED) is 0.625. The molecule has 2 rings (SSSR count). The molecule has 0 aromatic rings. The SMILES string of the molecule is O=C1N[C@@H](C2CCOCC2)CO1. The summed E-state index contributed by atoms with van der Waals surface area (Å²) >= 11 is 0. The van der Waals surface area contributed by atoms with Crippen molar-refractivity contribution in [3.05, 3.63) is 0 Å². The maximum absolute atomic E-state index is 10.7. The Hall–Kier alpha value is -0.770. The molecule has 2 heterocycles. The van der Waals surface area contributed by atoms with Crippen molar-refractivity contribution >= 4 is 6.09 Å². The first-order chi connectivity index (χ1) is 5.86. The minimum absolute atomic E-state index is 0.224. The molecule has 2 saturated heterocycles. The molecule has 0 aliphatic carbocycles. The van der Waals surface area contributed by atoms with Crippen LogP contribution in [0.1, 0.15) is 12.8 Å². The number of hydrogen-bond donors (Lipinski definition) is 1. The van der Waals surface area contributed by atoms with Gasteiger partial charge in [-0.3, -0.25) is 0 Å². The number of nitrogens with one attached hydrogen (secondary N) is 1. The zero-order valence-electron chi connectivity index (χ0n) is 6.91. The lowest BCUT2D eigenvalue weighted by Crippen LogP contribution is -2.37. The van der Waals surface area contributed by atoms with Crippen LogP contribution in [0.15, 0.2) is 0 Å². The van der Waals surface area contributed by atoms with Crippen LogP contribution >= 0.6 is 0 Å². The number of ether oxygens (including phenoxy) is 2. The third-order valence-electron chi connectivity index (χ3n) is 2.53. The van der Waals surface area contributed by atoms with Crippen molar-refractivity contribution < 1.29 is 14.3 Å². The first-order valence-corrected chi connectivity index (χ1v) is 4.37. The van der Waals surface area contributed by atoms with Gasteiger partial charge in [-0.25, -0.2) is 4.79 Å². The summed E-state index contributed by atoms with van der Waals surface area (Å²) in [5.74, 6) is 0.546. The van der Waals surface area contributed by atoms with Crippen molar-refractivity contribution in [1.82, 2.24) is 5.32 Å². The van der Waals surface area contributed by atoms with Gasteiger partial charge in [0.1, 0.15) is 6.61 Å². The molecule has 0 bridgehead atoms. The molecule has 0 aromatic carbocycles. The Balaban J connectivity index is 1.86. The molecule has 0 aromatic heterocycles. The van der Waals surface area contributed by atoms with Crippen LogP contribution in [0.5, 0.6) is 0 Å². The van der Waals surface area contributed by atoms with Crippen LogP contribution in [0.25, 0.3) is 0 Å². The van der Waals surface area contributed by atoms with E-state index >= 15 is 0 Å². The molecular formula is C8H13NO3. The zero-order valence-corrected chi connectivity index (χ0v) is 6.91. The summed E-state index contributed by atoms with van der Waals surface area (Å²) in [4.78, 5) is 10.7. The van der Waals surface area contributed by atoms with Gasteiger partial charge in [-0.1, -0.05) is 0 Å². The van der Waals surface area contributed by atoms with Crippen LogP contribution in [0.3, 0.4) is 0 Å². The Morgan fingerprint density at radius 3 is 2.67 bits per heavy atom. The van der Waals surface area contributed by atoms with E-state index in [4.69, 9.17) is 9.47 Å². The normalized spacial score (nSPS) is 31.3. The van der Waals surface area contributed by atoms with Gasteiger partial charge in [0.2, 0.25) is 0 Å². The fourth-order valence-electron chi connectivity index (χ4n) is 1.77. The summed E-state index contributed by atoms with van der Waals surface area (Å²) in [6.07, 6.45) is 1.80. The van der Waals surface area contributed by atoms with Crippen LogP contribution in [-0.4, -0.2) is 32.0 Å². The van der Waals surface area contributed by atoms with Gasteiger partial charge in [0.25, 0.3) is 0 Å². The second-order valence-electron chi connectivity index (χ2n) is 3.30. The number of hydrogen-bond acceptors (Lipinski definition) is 3. The highest BCUT2D eigenvalue weighted by molar-refractivity contribution is 5.69. The average Bonchev–Trinajstić information content (AvgIpc) is 2.54. The summed E-state index contributed by atoms with van der Waals surface area (Å²) in [7, 11) is 0. The molecule has 4 heteroatoms. The summed E-state index contributed by atoms with van der Waals surface area (Å²) in [5, 5.41) is 2.81. The number of alkyl carbamates (subject to hydrolysis) is 1. The van der Waals surface area contributed by atoms with Crippen molar-refractivity contribution in [2.45, 2.75) is 18.9 Å². The first-order valence-electron chi connectivity index (χ1n) is 4.37. The van der Waals surface area contributed by atoms with E-state index in [1.165, 1.54) is 0 Å². The van der Waals surface area contributed by atoms with Gasteiger partial charge in [-0.05, 0) is 18.8 Å². The third kappa shape index (κ3) is 1.53. The number of rotatable bonds is 1. The molecule has 1 amide bonds. The number of carbonyl (C=O) groups excluding carboxylic acids is 1. The lowest BCUT2D eigenvalue weighted by molar-refractivity contribution is 0.0545. The highest BCUT2D eigenvalue weighted by atomic mass is 16.6. The van der Waals surface area contributed by atoms with E-state index in [1.807, 2.05) is 0 Å². The standard InChI is InChI=1S/C8H13NO3/c10-8-9-7(5-12-8)6-1-3-11-4-2-6/h6-7H,1-5H2,(H,9,10)/t7-/m1/s1. The van der Waals surface area contributed by atoms with Gasteiger partial charge in [-0.2, -0.15) is 0 Å². The average molecular weight is 171 g/mol. The van der Waals surface area contributed by atoms with Crippen molar-refractivity contribution in [3.63, 3.8) is 0 Å². The molecule has 68 valence electrons. The zero-order chi connectivity index (χ0) is 8.39. The topological polar surface area (TPSA) is 47.6 Å². The Kier molecular flexibility index (Phi) is 2.17. The lowest BCUT2D eigenvalue weighted by atomic mass is 9.93. The fourth-order valence-corrected chi connectivity index (χ4v) is 1.77. The van der Waals surface area contributed by atoms with Gasteiger partial charge in [0, 0.05) is 13.2 Å². The predicted molar refractivity (Wildman–Crippen MR) is 41.8 cm³/mol. The molecular weight excluding hydrogens is 158 g/mol. The van der Waals surface area contributed by atoms with Gasteiger partial charge >= 0.3 is 6.09 Å². The number of amides is 1. The first kappa shape index (κ1) is 7.86. The van der Waals surface area contributed by atoms with Crippen LogP contribution in [0.2, 0.25) is 0 Å². The van der Waals surface area contributed by atoms with Gasteiger partial charge < -0.3 is 14.8 Å². The second kappa shape index (κ2) is 3.31. The lowest BCUT2D eigenvalue weighted by Gasteiger charge is -2.25. The minimum atomic E-state index is -0.272. The number of carbonyl (C=O) groups is 1. The highest BCUT2D eigenvalue weighted by Gasteiger charge is 2.30. The molecule has 2 aliphatic rings. The predicted octanol–water partition coefficient (Wildman–Crippen LogP) is 0.521. The van der Waals surface area contributed by atoms with E-state index in [0.29, 0.717) is 12.5 Å². The van der Waals surface area contributed by atoms with Crippen LogP contribution < -0.4 is 5.32 Å². The van der Waals surface area contributed by atoms with Crippen molar-refractivity contribution in [3.8, 4) is 0 Å². The maximum atomic E-state index is 10.7. The molecule has 12 heavy (non-hydrogen) atoms. The maximum Gasteiger partial charge on any atom is 0.407 e. The molecule has 0 unspecified atom stereocenters. The fraction of sp³-hybridized carbons (Fsp3) is 0.875. The summed E-state index contributed by atoms with van der Waals surface area (Å²) in [6.45, 7) is 2.16. The Labute approximate surface area is 71.2 Å². The molecule has 1 atom stereocenters. The van der Waals surface area contributed by atoms with Crippen molar-refractivity contribution in [2.75, 3.05) is 19.8 Å². The van der Waals surface area contributed by atoms with E-state index in [1.54, 1.807) is 0 Å².